The van der Waals surface area contributed by atoms with Gasteiger partial charge in [0.05, 0.1) is 37.2 Å². The lowest BCUT2D eigenvalue weighted by Gasteiger charge is -2.41. The van der Waals surface area contributed by atoms with E-state index in [0.29, 0.717) is 25.9 Å². The Hall–Kier alpha value is -1.93. The Balaban J connectivity index is 2.08. The van der Waals surface area contributed by atoms with Crippen LogP contribution in [-0.2, 0) is 23.9 Å². The molecule has 3 aliphatic rings. The van der Waals surface area contributed by atoms with Gasteiger partial charge in [0.1, 0.15) is 11.6 Å². The number of esters is 1. The summed E-state index contributed by atoms with van der Waals surface area (Å²) in [6.07, 6.45) is 4.91. The number of carbonyl (C=O) groups is 3. The minimum atomic E-state index is -1.07. The van der Waals surface area contributed by atoms with E-state index in [9.17, 15) is 19.5 Å². The summed E-state index contributed by atoms with van der Waals surface area (Å²) in [5.41, 5.74) is -1.07. The van der Waals surface area contributed by atoms with Gasteiger partial charge in [0.2, 0.25) is 11.8 Å². The van der Waals surface area contributed by atoms with Gasteiger partial charge in [0, 0.05) is 13.1 Å². The Labute approximate surface area is 197 Å². The van der Waals surface area contributed by atoms with Crippen LogP contribution in [0.3, 0.4) is 0 Å². The lowest BCUT2D eigenvalue weighted by molar-refractivity contribution is -0.157. The number of rotatable bonds is 12. The normalized spacial score (nSPS) is 31.9. The molecule has 3 rings (SSSR count). The molecule has 0 aromatic heterocycles. The summed E-state index contributed by atoms with van der Waals surface area (Å²) in [7, 11) is 0. The summed E-state index contributed by atoms with van der Waals surface area (Å²) in [6, 6.07) is -1.40. The lowest BCUT2D eigenvalue weighted by atomic mass is 9.70. The molecule has 0 aromatic carbocycles. The molecule has 0 aromatic rings. The van der Waals surface area contributed by atoms with Crippen LogP contribution in [0.4, 0.5) is 0 Å². The van der Waals surface area contributed by atoms with Gasteiger partial charge in [-0.15, -0.1) is 6.58 Å². The van der Waals surface area contributed by atoms with E-state index in [1.54, 1.807) is 22.8 Å². The highest BCUT2D eigenvalue weighted by Crippen LogP contribution is 2.59. The molecule has 2 bridgehead atoms. The smallest absolute Gasteiger partial charge is 0.312 e. The first-order valence-electron chi connectivity index (χ1n) is 12.5. The Morgan fingerprint density at radius 2 is 2.12 bits per heavy atom. The quantitative estimate of drug-likeness (QED) is 0.351. The number of carbonyl (C=O) groups excluding carboxylic acids is 3. The van der Waals surface area contributed by atoms with Gasteiger partial charge >= 0.3 is 5.97 Å². The van der Waals surface area contributed by atoms with Crippen LogP contribution in [0.1, 0.15) is 59.8 Å². The zero-order chi connectivity index (χ0) is 24.3. The molecule has 7 atom stereocenters. The maximum absolute atomic E-state index is 14.1. The van der Waals surface area contributed by atoms with Crippen LogP contribution >= 0.6 is 0 Å². The number of nitrogens with zero attached hydrogens (tertiary/aromatic N) is 2. The summed E-state index contributed by atoms with van der Waals surface area (Å²) in [6.45, 7) is 12.5. The van der Waals surface area contributed by atoms with E-state index >= 15 is 0 Å². The highest BCUT2D eigenvalue weighted by atomic mass is 16.6. The first kappa shape index (κ1) is 25.7. The van der Waals surface area contributed by atoms with Crippen molar-refractivity contribution in [2.24, 2.45) is 17.8 Å². The van der Waals surface area contributed by atoms with Gasteiger partial charge in [-0.1, -0.05) is 39.7 Å². The molecular weight excluding hydrogens is 424 g/mol. The van der Waals surface area contributed by atoms with Gasteiger partial charge in [-0.05, 0) is 32.1 Å². The van der Waals surface area contributed by atoms with E-state index in [0.717, 1.165) is 19.3 Å². The predicted octanol–water partition coefficient (Wildman–Crippen LogP) is 2.15. The lowest BCUT2D eigenvalue weighted by Crippen LogP contribution is -2.59. The highest BCUT2D eigenvalue weighted by Gasteiger charge is 2.75. The van der Waals surface area contributed by atoms with E-state index in [1.165, 1.54) is 0 Å². The number of ether oxygens (including phenoxy) is 2. The van der Waals surface area contributed by atoms with E-state index in [2.05, 4.69) is 13.5 Å². The van der Waals surface area contributed by atoms with Crippen molar-refractivity contribution >= 4 is 17.8 Å². The fraction of sp³-hybridized carbons (Fsp3) is 0.800. The van der Waals surface area contributed by atoms with Crippen molar-refractivity contribution in [2.45, 2.75) is 83.6 Å². The van der Waals surface area contributed by atoms with Gasteiger partial charge in [-0.2, -0.15) is 0 Å². The van der Waals surface area contributed by atoms with Gasteiger partial charge in [-0.3, -0.25) is 14.4 Å². The maximum atomic E-state index is 14.1. The molecule has 1 spiro atoms. The van der Waals surface area contributed by atoms with Crippen molar-refractivity contribution in [1.29, 1.82) is 0 Å². The van der Waals surface area contributed by atoms with Crippen LogP contribution < -0.4 is 0 Å². The minimum absolute atomic E-state index is 0.0220. The number of fused-ring (bicyclic) bond motifs is 1. The Bertz CT molecular complexity index is 757. The molecule has 3 fully saturated rings. The third kappa shape index (κ3) is 4.20. The molecule has 186 valence electrons. The number of hydrogen-bond donors (Lipinski definition) is 1. The SMILES string of the molecule is C=CCN(CCCC)C(=O)[C@H]1N([C@@H](CO)[C@@H](C)CC)C(=O)[C@@H]2[C@@H](C(=O)OCC)[C@H]3CC[C@]21O3. The summed E-state index contributed by atoms with van der Waals surface area (Å²) < 4.78 is 11.7. The third-order valence-corrected chi connectivity index (χ3v) is 7.82. The zero-order valence-electron chi connectivity index (χ0n) is 20.5. The van der Waals surface area contributed by atoms with Crippen molar-refractivity contribution in [3.05, 3.63) is 12.7 Å². The molecule has 1 N–H and O–H groups in total. The third-order valence-electron chi connectivity index (χ3n) is 7.82. The Kier molecular flexibility index (Phi) is 8.22. The highest BCUT2D eigenvalue weighted by molar-refractivity contribution is 5.98. The molecule has 0 unspecified atom stereocenters. The average molecular weight is 465 g/mol. The Morgan fingerprint density at radius 3 is 2.70 bits per heavy atom. The van der Waals surface area contributed by atoms with E-state index in [4.69, 9.17) is 9.47 Å². The summed E-state index contributed by atoms with van der Waals surface area (Å²) in [5, 5.41) is 10.3. The number of amides is 2. The van der Waals surface area contributed by atoms with Gasteiger partial charge in [0.25, 0.3) is 0 Å². The summed E-state index contributed by atoms with van der Waals surface area (Å²) in [4.78, 5) is 44.2. The van der Waals surface area contributed by atoms with Gasteiger partial charge < -0.3 is 24.4 Å². The van der Waals surface area contributed by atoms with Crippen molar-refractivity contribution in [3.8, 4) is 0 Å². The monoisotopic (exact) mass is 464 g/mol. The zero-order valence-corrected chi connectivity index (χ0v) is 20.5. The van der Waals surface area contributed by atoms with Crippen molar-refractivity contribution in [1.82, 2.24) is 9.80 Å². The number of hydrogen-bond acceptors (Lipinski definition) is 6. The fourth-order valence-electron chi connectivity index (χ4n) is 6.02. The minimum Gasteiger partial charge on any atom is -0.466 e. The largest absolute Gasteiger partial charge is 0.466 e. The van der Waals surface area contributed by atoms with Crippen LogP contribution in [0.25, 0.3) is 0 Å². The molecule has 2 amide bonds. The van der Waals surface area contributed by atoms with Crippen LogP contribution in [-0.4, -0.2) is 82.8 Å². The molecule has 3 aliphatic heterocycles. The van der Waals surface area contributed by atoms with Crippen molar-refractivity contribution in [3.63, 3.8) is 0 Å². The molecule has 33 heavy (non-hydrogen) atoms. The summed E-state index contributed by atoms with van der Waals surface area (Å²) >= 11 is 0. The molecule has 8 nitrogen and oxygen atoms in total. The van der Waals surface area contributed by atoms with Gasteiger partial charge in [-0.25, -0.2) is 0 Å². The second-order valence-electron chi connectivity index (χ2n) is 9.62. The molecule has 3 heterocycles. The number of likely N-dealkylation sites (tertiary alicyclic amines) is 1. The first-order chi connectivity index (χ1) is 15.8. The maximum Gasteiger partial charge on any atom is 0.312 e. The molecule has 0 radical (unpaired) electrons. The predicted molar refractivity (Wildman–Crippen MR) is 123 cm³/mol. The molecular formula is C25H40N2O6. The topological polar surface area (TPSA) is 96.4 Å². The van der Waals surface area contributed by atoms with Crippen molar-refractivity contribution < 1.29 is 29.0 Å². The van der Waals surface area contributed by atoms with Crippen LogP contribution in [0, 0.1) is 17.8 Å². The first-order valence-corrected chi connectivity index (χ1v) is 12.5. The number of aliphatic hydroxyl groups excluding tert-OH is 1. The second kappa shape index (κ2) is 10.6. The van der Waals surface area contributed by atoms with E-state index < -0.39 is 41.6 Å². The van der Waals surface area contributed by atoms with Crippen LogP contribution in [0.5, 0.6) is 0 Å². The Morgan fingerprint density at radius 1 is 1.39 bits per heavy atom. The standard InChI is InChI=1S/C25H40N2O6/c1-6-10-14-26(13-7-2)23(30)21-25-12-11-18(33-25)19(24(31)32-9-4)20(25)22(29)27(21)17(15-28)16(5)8-3/h7,16-21,28H,2,6,8-15H2,1,3-5H3/t16-,17-,18+,19-,20-,21+,25-/m0/s1. The fourth-order valence-corrected chi connectivity index (χ4v) is 6.02. The molecule has 3 saturated heterocycles. The molecule has 0 saturated carbocycles. The van der Waals surface area contributed by atoms with E-state index in [-0.39, 0.29) is 30.9 Å². The second-order valence-corrected chi connectivity index (χ2v) is 9.62. The molecule has 0 aliphatic carbocycles. The van der Waals surface area contributed by atoms with Crippen LogP contribution in [0.15, 0.2) is 12.7 Å². The van der Waals surface area contributed by atoms with Crippen molar-refractivity contribution in [2.75, 3.05) is 26.3 Å². The average Bonchev–Trinajstić information content (AvgIpc) is 3.44. The van der Waals surface area contributed by atoms with Gasteiger partial charge in [0.15, 0.2) is 0 Å². The number of aliphatic hydroxyl groups is 1. The van der Waals surface area contributed by atoms with E-state index in [1.807, 2.05) is 13.8 Å². The van der Waals surface area contributed by atoms with Crippen LogP contribution in [0.2, 0.25) is 0 Å². The summed E-state index contributed by atoms with van der Waals surface area (Å²) in [5.74, 6) is -2.40. The number of unbranched alkanes of at least 4 members (excludes halogenated alkanes) is 1. The molecule has 8 heteroatoms.